The Labute approximate surface area is 150 Å². The summed E-state index contributed by atoms with van der Waals surface area (Å²) in [5, 5.41) is 9.84. The third-order valence-corrected chi connectivity index (χ3v) is 11.6. The summed E-state index contributed by atoms with van der Waals surface area (Å²) in [6, 6.07) is 9.69. The highest BCUT2D eigenvalue weighted by atomic mass is 33.7. The van der Waals surface area contributed by atoms with Crippen LogP contribution >= 0.6 is 41.2 Å². The normalized spacial score (nSPS) is 31.3. The maximum atomic E-state index is 13.2. The quantitative estimate of drug-likeness (QED) is 0.797. The summed E-state index contributed by atoms with van der Waals surface area (Å²) < 4.78 is 0. The Morgan fingerprint density at radius 2 is 1.48 bits per heavy atom. The number of hydrogen-bond donors (Lipinski definition) is 1. The van der Waals surface area contributed by atoms with Crippen molar-refractivity contribution < 1.29 is 14.7 Å². The second-order valence-electron chi connectivity index (χ2n) is 5.42. The first kappa shape index (κ1) is 17.3. The first-order valence-corrected chi connectivity index (χ1v) is 11.7. The highest BCUT2D eigenvalue weighted by molar-refractivity contribution is 9.26. The van der Waals surface area contributed by atoms with Crippen LogP contribution in [-0.2, 0) is 16.0 Å². The van der Waals surface area contributed by atoms with Crippen LogP contribution < -0.4 is 0 Å². The molecule has 0 spiro atoms. The number of rotatable bonds is 3. The molecule has 3 saturated heterocycles. The van der Waals surface area contributed by atoms with Gasteiger partial charge in [-0.2, -0.15) is 0 Å². The molecule has 3 fully saturated rings. The predicted octanol–water partition coefficient (Wildman–Crippen LogP) is 2.24. The zero-order valence-electron chi connectivity index (χ0n) is 12.6. The lowest BCUT2D eigenvalue weighted by atomic mass is 9.98. The molecule has 23 heavy (non-hydrogen) atoms. The lowest BCUT2D eigenvalue weighted by molar-refractivity contribution is -0.164. The van der Waals surface area contributed by atoms with Crippen LogP contribution in [0.5, 0.6) is 0 Å². The van der Waals surface area contributed by atoms with E-state index in [0.717, 1.165) is 5.56 Å². The summed E-state index contributed by atoms with van der Waals surface area (Å²) in [5.41, 5.74) is 0.997. The summed E-state index contributed by atoms with van der Waals surface area (Å²) in [6.45, 7) is -0.400. The minimum atomic E-state index is -1.25. The van der Waals surface area contributed by atoms with E-state index in [1.807, 2.05) is 30.3 Å². The van der Waals surface area contributed by atoms with E-state index in [2.05, 4.69) is 0 Å². The Kier molecular flexibility index (Phi) is 4.85. The molecule has 0 radical (unpaired) electrons. The van der Waals surface area contributed by atoms with Crippen molar-refractivity contribution in [2.24, 2.45) is 0 Å². The number of carbonyl (C=O) groups is 2. The summed E-state index contributed by atoms with van der Waals surface area (Å²) >= 11 is 0. The summed E-state index contributed by atoms with van der Waals surface area (Å²) in [4.78, 5) is 26.8. The molecule has 3 heterocycles. The SMILES string of the molecule is CN1C(=O)C2(Cc3ccccc3)SSSSC1(CO)C(=O)N2C. The Morgan fingerprint density at radius 1 is 0.957 bits per heavy atom. The second-order valence-corrected chi connectivity index (χ2v) is 11.6. The number of aliphatic hydroxyl groups is 1. The fourth-order valence-electron chi connectivity index (χ4n) is 2.76. The van der Waals surface area contributed by atoms with Crippen molar-refractivity contribution in [3.8, 4) is 0 Å². The number of nitrogens with zero attached hydrogens (tertiary/aromatic N) is 2. The topological polar surface area (TPSA) is 60.9 Å². The molecule has 4 rings (SSSR count). The molecule has 1 aromatic carbocycles. The molecule has 1 aromatic rings. The van der Waals surface area contributed by atoms with E-state index in [1.54, 1.807) is 14.1 Å². The van der Waals surface area contributed by atoms with Crippen LogP contribution in [0.3, 0.4) is 0 Å². The number of likely N-dealkylation sites (N-methyl/N-ethyl adjacent to an activating group) is 2. The molecule has 0 saturated carbocycles. The van der Waals surface area contributed by atoms with E-state index in [0.29, 0.717) is 6.42 Å². The molecule has 124 valence electrons. The average molecular weight is 389 g/mol. The predicted molar refractivity (Wildman–Crippen MR) is 98.6 cm³/mol. The van der Waals surface area contributed by atoms with Gasteiger partial charge in [-0.3, -0.25) is 9.59 Å². The fourth-order valence-corrected chi connectivity index (χ4v) is 10.4. The van der Waals surface area contributed by atoms with Gasteiger partial charge in [0.25, 0.3) is 11.8 Å². The van der Waals surface area contributed by atoms with Crippen LogP contribution in [0.4, 0.5) is 0 Å². The molecule has 3 aliphatic heterocycles. The zero-order chi connectivity index (χ0) is 16.7. The maximum Gasteiger partial charge on any atom is 0.263 e. The number of fused-ring (bicyclic) bond motifs is 5. The van der Waals surface area contributed by atoms with Gasteiger partial charge in [-0.25, -0.2) is 0 Å². The van der Waals surface area contributed by atoms with Gasteiger partial charge in [0, 0.05) is 20.5 Å². The molecule has 0 aromatic heterocycles. The third kappa shape index (κ3) is 2.57. The Balaban J connectivity index is 2.07. The first-order valence-electron chi connectivity index (χ1n) is 6.89. The lowest BCUT2D eigenvalue weighted by Gasteiger charge is -2.54. The molecule has 1 N–H and O–H groups in total. The van der Waals surface area contributed by atoms with Gasteiger partial charge >= 0.3 is 0 Å². The van der Waals surface area contributed by atoms with E-state index >= 15 is 0 Å². The van der Waals surface area contributed by atoms with Gasteiger partial charge in [-0.05, 0) is 46.8 Å². The van der Waals surface area contributed by atoms with Crippen molar-refractivity contribution in [1.82, 2.24) is 9.80 Å². The molecule has 5 nitrogen and oxygen atoms in total. The summed E-state index contributed by atoms with van der Waals surface area (Å²) in [5.74, 6) is -0.383. The van der Waals surface area contributed by atoms with Crippen molar-refractivity contribution in [3.63, 3.8) is 0 Å². The van der Waals surface area contributed by atoms with E-state index in [9.17, 15) is 14.7 Å². The Hall–Kier alpha value is -0.480. The number of aliphatic hydroxyl groups excluding tert-OH is 1. The molecule has 3 aliphatic rings. The summed E-state index contributed by atoms with van der Waals surface area (Å²) in [6.07, 6.45) is 0.434. The molecular weight excluding hydrogens is 372 g/mol. The highest BCUT2D eigenvalue weighted by Crippen LogP contribution is 2.61. The zero-order valence-corrected chi connectivity index (χ0v) is 15.9. The van der Waals surface area contributed by atoms with Crippen LogP contribution in [0.25, 0.3) is 0 Å². The van der Waals surface area contributed by atoms with Gasteiger partial charge in [0.05, 0.1) is 6.61 Å². The first-order chi connectivity index (χ1) is 11.0. The minimum absolute atomic E-state index is 0.150. The van der Waals surface area contributed by atoms with Gasteiger partial charge in [0.2, 0.25) is 4.87 Å². The van der Waals surface area contributed by atoms with Gasteiger partial charge in [-0.15, -0.1) is 0 Å². The highest BCUT2D eigenvalue weighted by Gasteiger charge is 2.63. The van der Waals surface area contributed by atoms with Crippen LogP contribution in [-0.4, -0.2) is 57.2 Å². The molecule has 2 bridgehead atoms. The van der Waals surface area contributed by atoms with Gasteiger partial charge in [-0.1, -0.05) is 30.3 Å². The number of amides is 2. The van der Waals surface area contributed by atoms with Crippen molar-refractivity contribution in [3.05, 3.63) is 35.9 Å². The fraction of sp³-hybridized carbons (Fsp3) is 0.429. The Bertz CT molecular complexity index is 632. The molecule has 9 heteroatoms. The van der Waals surface area contributed by atoms with Crippen LogP contribution in [0.15, 0.2) is 30.3 Å². The largest absolute Gasteiger partial charge is 0.392 e. The van der Waals surface area contributed by atoms with Crippen molar-refractivity contribution >= 4 is 53.1 Å². The third-order valence-electron chi connectivity index (χ3n) is 4.23. The van der Waals surface area contributed by atoms with Crippen molar-refractivity contribution in [1.29, 1.82) is 0 Å². The molecule has 2 amide bonds. The van der Waals surface area contributed by atoms with Crippen molar-refractivity contribution in [2.75, 3.05) is 20.7 Å². The number of benzene rings is 1. The number of carbonyl (C=O) groups excluding carboxylic acids is 2. The molecule has 0 aliphatic carbocycles. The maximum absolute atomic E-state index is 13.2. The van der Waals surface area contributed by atoms with E-state index in [4.69, 9.17) is 0 Å². The molecular formula is C14H16N2O3S4. The average Bonchev–Trinajstić information content (AvgIpc) is 2.57. The van der Waals surface area contributed by atoms with E-state index in [1.165, 1.54) is 51.0 Å². The lowest BCUT2D eigenvalue weighted by Crippen LogP contribution is -2.74. The smallest absolute Gasteiger partial charge is 0.263 e. The second kappa shape index (κ2) is 6.44. The standard InChI is InChI=1S/C14H16N2O3S4/c1-15-12(19)14(9-17)16(2)11(18)13(15,20-22-23-21-14)8-10-6-4-3-5-7-10/h3-7,17H,8-9H2,1-2H3. The number of piperazine rings is 1. The van der Waals surface area contributed by atoms with Crippen LogP contribution in [0, 0.1) is 0 Å². The van der Waals surface area contributed by atoms with E-state index in [-0.39, 0.29) is 11.8 Å². The van der Waals surface area contributed by atoms with Crippen molar-refractivity contribution in [2.45, 2.75) is 16.2 Å². The van der Waals surface area contributed by atoms with Crippen LogP contribution in [0.2, 0.25) is 0 Å². The molecule has 2 unspecified atom stereocenters. The van der Waals surface area contributed by atoms with E-state index < -0.39 is 16.3 Å². The molecule has 2 atom stereocenters. The Morgan fingerprint density at radius 3 is 2.09 bits per heavy atom. The van der Waals surface area contributed by atoms with Gasteiger partial charge in [0.1, 0.15) is 0 Å². The minimum Gasteiger partial charge on any atom is -0.392 e. The van der Waals surface area contributed by atoms with Crippen LogP contribution in [0.1, 0.15) is 5.56 Å². The number of hydrogen-bond acceptors (Lipinski definition) is 7. The van der Waals surface area contributed by atoms with Gasteiger partial charge in [0.15, 0.2) is 4.87 Å². The van der Waals surface area contributed by atoms with Gasteiger partial charge < -0.3 is 14.9 Å². The summed E-state index contributed by atoms with van der Waals surface area (Å²) in [7, 11) is 8.81. The monoisotopic (exact) mass is 388 g/mol.